The normalized spacial score (nSPS) is 10.2. The van der Waals surface area contributed by atoms with Gasteiger partial charge in [-0.05, 0) is 35.0 Å². The average Bonchev–Trinajstić information content (AvgIpc) is 2.37. The van der Waals surface area contributed by atoms with E-state index in [1.165, 1.54) is 6.07 Å². The summed E-state index contributed by atoms with van der Waals surface area (Å²) < 4.78 is 0.619. The number of hydrogen-bond donors (Lipinski definition) is 2. The fourth-order valence-corrected chi connectivity index (χ4v) is 1.85. The Morgan fingerprint density at radius 1 is 1.47 bits per heavy atom. The zero-order chi connectivity index (χ0) is 13.8. The van der Waals surface area contributed by atoms with E-state index in [0.717, 1.165) is 5.69 Å². The first-order valence-corrected chi connectivity index (χ1v) is 6.27. The molecule has 2 rings (SSSR count). The van der Waals surface area contributed by atoms with E-state index in [4.69, 9.17) is 5.11 Å². The van der Waals surface area contributed by atoms with Gasteiger partial charge < -0.3 is 10.4 Å². The molecule has 2 aromatic rings. The summed E-state index contributed by atoms with van der Waals surface area (Å²) in [5.41, 5.74) is 0.883. The molecule has 0 aliphatic heterocycles. The number of anilines is 1. The molecule has 19 heavy (non-hydrogen) atoms. The van der Waals surface area contributed by atoms with E-state index in [9.17, 15) is 4.79 Å². The lowest BCUT2D eigenvalue weighted by atomic mass is 10.2. The van der Waals surface area contributed by atoms with Crippen LogP contribution in [0, 0.1) is 6.92 Å². The van der Waals surface area contributed by atoms with E-state index in [0.29, 0.717) is 22.7 Å². The van der Waals surface area contributed by atoms with Crippen molar-refractivity contribution < 1.29 is 9.90 Å². The Morgan fingerprint density at radius 3 is 2.95 bits per heavy atom. The number of carbonyl (C=O) groups is 1. The second-order valence-electron chi connectivity index (χ2n) is 3.80. The number of aromatic nitrogens is 3. The first-order chi connectivity index (χ1) is 9.06. The average molecular weight is 323 g/mol. The number of halogens is 1. The molecule has 0 atom stereocenters. The Labute approximate surface area is 118 Å². The molecular weight excluding hydrogens is 312 g/mol. The van der Waals surface area contributed by atoms with Crippen molar-refractivity contribution in [3.8, 4) is 0 Å². The van der Waals surface area contributed by atoms with Gasteiger partial charge in [0.25, 0.3) is 0 Å². The van der Waals surface area contributed by atoms with Crippen LogP contribution in [0.3, 0.4) is 0 Å². The van der Waals surface area contributed by atoms with E-state index in [-0.39, 0.29) is 5.56 Å². The summed E-state index contributed by atoms with van der Waals surface area (Å²) in [5, 5.41) is 12.1. The number of rotatable bonds is 4. The third-order valence-electron chi connectivity index (χ3n) is 2.36. The first kappa shape index (κ1) is 13.4. The summed E-state index contributed by atoms with van der Waals surface area (Å²) in [6, 6.07) is 3.27. The van der Waals surface area contributed by atoms with Gasteiger partial charge in [-0.2, -0.15) is 0 Å². The Morgan fingerprint density at radius 2 is 2.26 bits per heavy atom. The van der Waals surface area contributed by atoms with Gasteiger partial charge in [-0.25, -0.2) is 19.7 Å². The molecule has 0 saturated heterocycles. The molecule has 0 aliphatic carbocycles. The quantitative estimate of drug-likeness (QED) is 0.897. The molecule has 2 heterocycles. The smallest absolute Gasteiger partial charge is 0.339 e. The number of aromatic carboxylic acids is 1. The van der Waals surface area contributed by atoms with Gasteiger partial charge in [-0.15, -0.1) is 0 Å². The van der Waals surface area contributed by atoms with Crippen molar-refractivity contribution in [2.24, 2.45) is 0 Å². The SMILES string of the molecule is Cc1nccc(CNc2ncc(Br)cc2C(=O)O)n1. The second-order valence-corrected chi connectivity index (χ2v) is 4.72. The monoisotopic (exact) mass is 322 g/mol. The van der Waals surface area contributed by atoms with Crippen molar-refractivity contribution in [1.29, 1.82) is 0 Å². The topological polar surface area (TPSA) is 88.0 Å². The van der Waals surface area contributed by atoms with Crippen LogP contribution in [0.15, 0.2) is 29.0 Å². The number of hydrogen-bond acceptors (Lipinski definition) is 5. The highest BCUT2D eigenvalue weighted by atomic mass is 79.9. The first-order valence-electron chi connectivity index (χ1n) is 5.47. The highest BCUT2D eigenvalue weighted by Gasteiger charge is 2.12. The molecule has 0 spiro atoms. The highest BCUT2D eigenvalue weighted by Crippen LogP contribution is 2.18. The molecule has 0 unspecified atom stereocenters. The highest BCUT2D eigenvalue weighted by molar-refractivity contribution is 9.10. The molecule has 0 amide bonds. The zero-order valence-electron chi connectivity index (χ0n) is 10.1. The summed E-state index contributed by atoms with van der Waals surface area (Å²) in [7, 11) is 0. The van der Waals surface area contributed by atoms with Crippen LogP contribution in [0.4, 0.5) is 5.82 Å². The van der Waals surface area contributed by atoms with Gasteiger partial charge in [0.2, 0.25) is 0 Å². The zero-order valence-corrected chi connectivity index (χ0v) is 11.7. The number of nitrogens with one attached hydrogen (secondary N) is 1. The molecule has 0 fully saturated rings. The number of carboxylic acid groups (broad SMARTS) is 1. The summed E-state index contributed by atoms with van der Waals surface area (Å²) >= 11 is 3.20. The van der Waals surface area contributed by atoms with Crippen LogP contribution in [0.5, 0.6) is 0 Å². The molecule has 0 aromatic carbocycles. The molecule has 0 saturated carbocycles. The minimum absolute atomic E-state index is 0.111. The van der Waals surface area contributed by atoms with Crippen LogP contribution in [-0.4, -0.2) is 26.0 Å². The Bertz CT molecular complexity index is 618. The second kappa shape index (κ2) is 5.75. The maximum Gasteiger partial charge on any atom is 0.339 e. The van der Waals surface area contributed by atoms with Crippen LogP contribution in [-0.2, 0) is 6.54 Å². The number of aryl methyl sites for hydroxylation is 1. The molecule has 0 radical (unpaired) electrons. The van der Waals surface area contributed by atoms with Crippen LogP contribution in [0.1, 0.15) is 21.9 Å². The van der Waals surface area contributed by atoms with Crippen molar-refractivity contribution in [3.63, 3.8) is 0 Å². The minimum atomic E-state index is -1.03. The number of pyridine rings is 1. The molecular formula is C12H11BrN4O2. The lowest BCUT2D eigenvalue weighted by Crippen LogP contribution is -2.09. The molecule has 7 heteroatoms. The predicted octanol–water partition coefficient (Wildman–Crippen LogP) is 2.25. The van der Waals surface area contributed by atoms with E-state index in [1.54, 1.807) is 25.4 Å². The fraction of sp³-hybridized carbons (Fsp3) is 0.167. The van der Waals surface area contributed by atoms with E-state index >= 15 is 0 Å². The number of carboxylic acids is 1. The molecule has 0 aliphatic rings. The van der Waals surface area contributed by atoms with Gasteiger partial charge in [0.05, 0.1) is 12.2 Å². The third kappa shape index (κ3) is 3.47. The number of nitrogens with zero attached hydrogens (tertiary/aromatic N) is 3. The standard InChI is InChI=1S/C12H11BrN4O2/c1-7-14-3-2-9(17-7)6-16-11-10(12(18)19)4-8(13)5-15-11/h2-5H,6H2,1H3,(H,15,16)(H,18,19). The lowest BCUT2D eigenvalue weighted by molar-refractivity contribution is 0.0697. The van der Waals surface area contributed by atoms with Crippen LogP contribution in [0.2, 0.25) is 0 Å². The van der Waals surface area contributed by atoms with Crippen molar-refractivity contribution >= 4 is 27.7 Å². The van der Waals surface area contributed by atoms with Gasteiger partial charge in [-0.1, -0.05) is 0 Å². The lowest BCUT2D eigenvalue weighted by Gasteiger charge is -2.08. The van der Waals surface area contributed by atoms with E-state index in [2.05, 4.69) is 36.2 Å². The third-order valence-corrected chi connectivity index (χ3v) is 2.79. The van der Waals surface area contributed by atoms with Crippen molar-refractivity contribution in [2.45, 2.75) is 13.5 Å². The molecule has 2 N–H and O–H groups in total. The molecule has 6 nitrogen and oxygen atoms in total. The predicted molar refractivity (Wildman–Crippen MR) is 73.0 cm³/mol. The van der Waals surface area contributed by atoms with Crippen LogP contribution in [0.25, 0.3) is 0 Å². The van der Waals surface area contributed by atoms with Crippen molar-refractivity contribution in [3.05, 3.63) is 46.1 Å². The van der Waals surface area contributed by atoms with Crippen LogP contribution >= 0.6 is 15.9 Å². The van der Waals surface area contributed by atoms with Gasteiger partial charge in [0, 0.05) is 16.9 Å². The summed E-state index contributed by atoms with van der Waals surface area (Å²) in [4.78, 5) is 23.4. The van der Waals surface area contributed by atoms with Crippen molar-refractivity contribution in [1.82, 2.24) is 15.0 Å². The summed E-state index contributed by atoms with van der Waals surface area (Å²) in [5.74, 6) is -0.0522. The van der Waals surface area contributed by atoms with Gasteiger partial charge in [0.15, 0.2) is 0 Å². The van der Waals surface area contributed by atoms with Crippen molar-refractivity contribution in [2.75, 3.05) is 5.32 Å². The maximum atomic E-state index is 11.1. The Balaban J connectivity index is 2.17. The largest absolute Gasteiger partial charge is 0.478 e. The van der Waals surface area contributed by atoms with Gasteiger partial charge in [0.1, 0.15) is 17.2 Å². The summed E-state index contributed by atoms with van der Waals surface area (Å²) in [6.07, 6.45) is 3.20. The van der Waals surface area contributed by atoms with E-state index < -0.39 is 5.97 Å². The molecule has 2 aromatic heterocycles. The summed E-state index contributed by atoms with van der Waals surface area (Å²) in [6.45, 7) is 2.18. The fourth-order valence-electron chi connectivity index (χ4n) is 1.52. The molecule has 0 bridgehead atoms. The Kier molecular flexibility index (Phi) is 4.06. The van der Waals surface area contributed by atoms with Gasteiger partial charge in [-0.3, -0.25) is 0 Å². The minimum Gasteiger partial charge on any atom is -0.478 e. The molecule has 98 valence electrons. The Hall–Kier alpha value is -2.02. The van der Waals surface area contributed by atoms with E-state index in [1.807, 2.05) is 0 Å². The maximum absolute atomic E-state index is 11.1. The van der Waals surface area contributed by atoms with Gasteiger partial charge >= 0.3 is 5.97 Å². The van der Waals surface area contributed by atoms with Crippen LogP contribution < -0.4 is 5.32 Å².